The van der Waals surface area contributed by atoms with Gasteiger partial charge < -0.3 is 5.11 Å². The second kappa shape index (κ2) is 7.38. The van der Waals surface area contributed by atoms with Gasteiger partial charge in [0.25, 0.3) is 0 Å². The Kier molecular flexibility index (Phi) is 5.36. The molecule has 0 unspecified atom stereocenters. The van der Waals surface area contributed by atoms with E-state index in [1.807, 2.05) is 6.92 Å². The van der Waals surface area contributed by atoms with Gasteiger partial charge in [-0.15, -0.1) is 0 Å². The van der Waals surface area contributed by atoms with Crippen molar-refractivity contribution in [2.24, 2.45) is 17.8 Å². The van der Waals surface area contributed by atoms with E-state index in [-0.39, 0.29) is 35.1 Å². The Morgan fingerprint density at radius 1 is 1.04 bits per heavy atom. The van der Waals surface area contributed by atoms with Crippen LogP contribution in [0.4, 0.5) is 0 Å². The monoisotopic (exact) mass is 354 g/mol. The molecule has 3 atom stereocenters. The molecular formula is C23H30O3. The van der Waals surface area contributed by atoms with Crippen molar-refractivity contribution in [3.8, 4) is 0 Å². The van der Waals surface area contributed by atoms with E-state index in [2.05, 4.69) is 32.9 Å². The molecule has 0 radical (unpaired) electrons. The molecule has 0 spiro atoms. The highest BCUT2D eigenvalue weighted by molar-refractivity contribution is 6.22. The molecule has 1 fully saturated rings. The first kappa shape index (κ1) is 18.9. The second-order valence-corrected chi connectivity index (χ2v) is 8.06. The van der Waals surface area contributed by atoms with Gasteiger partial charge in [-0.1, -0.05) is 38.5 Å². The Balaban J connectivity index is 2.24. The molecule has 3 nitrogen and oxygen atoms in total. The molecule has 3 aliphatic rings. The Morgan fingerprint density at radius 2 is 1.65 bits per heavy atom. The predicted molar refractivity (Wildman–Crippen MR) is 104 cm³/mol. The van der Waals surface area contributed by atoms with Crippen LogP contribution < -0.4 is 0 Å². The van der Waals surface area contributed by atoms with Crippen molar-refractivity contribution in [3.05, 3.63) is 40.1 Å². The van der Waals surface area contributed by atoms with E-state index >= 15 is 0 Å². The molecule has 0 aliphatic heterocycles. The molecule has 3 heteroatoms. The fraction of sp³-hybridized carbons (Fsp3) is 0.565. The number of aliphatic hydroxyl groups is 1. The molecule has 0 saturated heterocycles. The fourth-order valence-electron chi connectivity index (χ4n) is 4.83. The van der Waals surface area contributed by atoms with Crippen LogP contribution in [0.15, 0.2) is 17.9 Å². The zero-order chi connectivity index (χ0) is 19.0. The van der Waals surface area contributed by atoms with Gasteiger partial charge in [0.15, 0.2) is 5.78 Å². The van der Waals surface area contributed by atoms with Gasteiger partial charge in [0.2, 0.25) is 0 Å². The Morgan fingerprint density at radius 3 is 2.19 bits per heavy atom. The maximum Gasteiger partial charge on any atom is 0.167 e. The minimum absolute atomic E-state index is 0.00273. The first-order chi connectivity index (χ1) is 12.4. The van der Waals surface area contributed by atoms with Crippen LogP contribution in [0.25, 0.3) is 5.57 Å². The number of carbonyl (C=O) groups excluding carboxylic acids is 2. The number of hydrogen-bond acceptors (Lipinski definition) is 3. The summed E-state index contributed by atoms with van der Waals surface area (Å²) in [5, 5.41) is 11.1. The van der Waals surface area contributed by atoms with Crippen molar-refractivity contribution in [3.63, 3.8) is 0 Å². The van der Waals surface area contributed by atoms with Gasteiger partial charge in [-0.05, 0) is 55.2 Å². The van der Waals surface area contributed by atoms with Crippen LogP contribution in [0.1, 0.15) is 68.7 Å². The number of allylic oxidation sites excluding steroid dienone is 2. The standard InChI is InChI=1S/C23H30O3/c1-5-16-9-13(3)10-17(6-2)21(16)22-20(25)12-15-7-8-18(19(24)11-15)14(4)23(22)26/h9-10,14-15,18,26H,5-8,11-12H2,1-4H3/t14-,15+,18+/m0/s1. The number of rotatable bonds is 3. The molecule has 1 aromatic carbocycles. The molecule has 3 aliphatic carbocycles. The lowest BCUT2D eigenvalue weighted by Crippen LogP contribution is -2.29. The average molecular weight is 354 g/mol. The number of fused-ring (bicyclic) bond motifs is 5. The SMILES string of the molecule is CCc1cc(C)cc(CC)c1C1=C(O)[C@@H](C)[C@H]2CC[C@@H](CC1=O)CC2=O. The molecule has 140 valence electrons. The zero-order valence-corrected chi connectivity index (χ0v) is 16.4. The average Bonchev–Trinajstić information content (AvgIpc) is 2.66. The highest BCUT2D eigenvalue weighted by atomic mass is 16.3. The number of Topliss-reactive ketones (excluding diaryl/α,β-unsaturated/α-hetero) is 2. The summed E-state index contributed by atoms with van der Waals surface area (Å²) in [7, 11) is 0. The summed E-state index contributed by atoms with van der Waals surface area (Å²) in [5.74, 6) is 0.0145. The summed E-state index contributed by atoms with van der Waals surface area (Å²) in [6, 6.07) is 4.25. The van der Waals surface area contributed by atoms with Gasteiger partial charge in [0.1, 0.15) is 11.5 Å². The first-order valence-corrected chi connectivity index (χ1v) is 9.99. The third kappa shape index (κ3) is 3.24. The van der Waals surface area contributed by atoms with Gasteiger partial charge in [0.05, 0.1) is 5.57 Å². The van der Waals surface area contributed by atoms with Gasteiger partial charge in [-0.25, -0.2) is 0 Å². The molecule has 0 amide bonds. The third-order valence-corrected chi connectivity index (χ3v) is 6.29. The lowest BCUT2D eigenvalue weighted by molar-refractivity contribution is -0.127. The maximum absolute atomic E-state index is 13.3. The highest BCUT2D eigenvalue weighted by Gasteiger charge is 2.39. The zero-order valence-electron chi connectivity index (χ0n) is 16.4. The lowest BCUT2D eigenvalue weighted by atomic mass is 9.75. The summed E-state index contributed by atoms with van der Waals surface area (Å²) < 4.78 is 0. The van der Waals surface area contributed by atoms with E-state index in [4.69, 9.17) is 0 Å². The summed E-state index contributed by atoms with van der Waals surface area (Å²) in [6.07, 6.45) is 4.16. The Hall–Kier alpha value is -1.90. The molecule has 26 heavy (non-hydrogen) atoms. The van der Waals surface area contributed by atoms with Crippen molar-refractivity contribution in [1.29, 1.82) is 0 Å². The maximum atomic E-state index is 13.3. The van der Waals surface area contributed by atoms with Crippen LogP contribution in [-0.4, -0.2) is 16.7 Å². The third-order valence-electron chi connectivity index (χ3n) is 6.29. The molecule has 2 bridgehead atoms. The van der Waals surface area contributed by atoms with Gasteiger partial charge >= 0.3 is 0 Å². The number of aliphatic hydroxyl groups excluding tert-OH is 1. The summed E-state index contributed by atoms with van der Waals surface area (Å²) >= 11 is 0. The molecule has 0 heterocycles. The molecule has 0 aromatic heterocycles. The Bertz CT molecular complexity index is 747. The van der Waals surface area contributed by atoms with Gasteiger partial charge in [-0.2, -0.15) is 0 Å². The number of hydrogen-bond donors (Lipinski definition) is 1. The van der Waals surface area contributed by atoms with Crippen LogP contribution in [0.2, 0.25) is 0 Å². The van der Waals surface area contributed by atoms with E-state index in [0.29, 0.717) is 18.4 Å². The van der Waals surface area contributed by atoms with Crippen LogP contribution in [0.5, 0.6) is 0 Å². The van der Waals surface area contributed by atoms with Crippen molar-refractivity contribution < 1.29 is 14.7 Å². The smallest absolute Gasteiger partial charge is 0.167 e. The largest absolute Gasteiger partial charge is 0.511 e. The summed E-state index contributed by atoms with van der Waals surface area (Å²) in [5.41, 5.74) is 4.81. The van der Waals surface area contributed by atoms with Crippen LogP contribution >= 0.6 is 0 Å². The van der Waals surface area contributed by atoms with Crippen molar-refractivity contribution in [2.75, 3.05) is 0 Å². The van der Waals surface area contributed by atoms with E-state index in [0.717, 1.165) is 42.4 Å². The van der Waals surface area contributed by atoms with Crippen LogP contribution in [0, 0.1) is 24.7 Å². The summed E-state index contributed by atoms with van der Waals surface area (Å²) in [6.45, 7) is 8.16. The van der Waals surface area contributed by atoms with Crippen molar-refractivity contribution in [1.82, 2.24) is 0 Å². The topological polar surface area (TPSA) is 54.4 Å². The quantitative estimate of drug-likeness (QED) is 0.832. The van der Waals surface area contributed by atoms with Crippen LogP contribution in [-0.2, 0) is 22.4 Å². The molecule has 1 N–H and O–H groups in total. The lowest BCUT2D eigenvalue weighted by Gasteiger charge is -2.29. The summed E-state index contributed by atoms with van der Waals surface area (Å²) in [4.78, 5) is 25.8. The molecule has 1 saturated carbocycles. The fourth-order valence-corrected chi connectivity index (χ4v) is 4.83. The molecule has 4 rings (SSSR count). The van der Waals surface area contributed by atoms with Crippen molar-refractivity contribution in [2.45, 2.75) is 66.2 Å². The van der Waals surface area contributed by atoms with E-state index in [1.165, 1.54) is 5.56 Å². The first-order valence-electron chi connectivity index (χ1n) is 9.99. The van der Waals surface area contributed by atoms with E-state index in [1.54, 1.807) is 0 Å². The number of carbonyl (C=O) groups is 2. The Labute approximate surface area is 156 Å². The van der Waals surface area contributed by atoms with Crippen molar-refractivity contribution >= 4 is 17.1 Å². The number of benzene rings is 1. The second-order valence-electron chi connectivity index (χ2n) is 8.06. The molecular weight excluding hydrogens is 324 g/mol. The van der Waals surface area contributed by atoms with Gasteiger partial charge in [0, 0.05) is 24.7 Å². The van der Waals surface area contributed by atoms with Gasteiger partial charge in [-0.3, -0.25) is 9.59 Å². The molecule has 1 aromatic rings. The van der Waals surface area contributed by atoms with E-state index < -0.39 is 0 Å². The van der Waals surface area contributed by atoms with Crippen LogP contribution in [0.3, 0.4) is 0 Å². The number of ketones is 2. The number of aryl methyl sites for hydroxylation is 3. The predicted octanol–water partition coefficient (Wildman–Crippen LogP) is 4.98. The normalized spacial score (nSPS) is 26.7. The van der Waals surface area contributed by atoms with E-state index in [9.17, 15) is 14.7 Å². The minimum atomic E-state index is -0.295. The highest BCUT2D eigenvalue weighted by Crippen LogP contribution is 2.42. The minimum Gasteiger partial charge on any atom is -0.511 e.